The van der Waals surface area contributed by atoms with E-state index in [-0.39, 0.29) is 29.2 Å². The van der Waals surface area contributed by atoms with Crippen LogP contribution < -0.4 is 4.90 Å². The fourth-order valence-corrected chi connectivity index (χ4v) is 1.99. The van der Waals surface area contributed by atoms with Gasteiger partial charge in [-0.25, -0.2) is 0 Å². The van der Waals surface area contributed by atoms with Crippen molar-refractivity contribution in [3.05, 3.63) is 23.2 Å². The highest BCUT2D eigenvalue weighted by atomic mass is 35.5. The first kappa shape index (κ1) is 11.2. The Morgan fingerprint density at radius 1 is 1.50 bits per heavy atom. The molecule has 5 heteroatoms. The molecule has 1 unspecified atom stereocenters. The second-order valence-electron chi connectivity index (χ2n) is 3.89. The Morgan fingerprint density at radius 2 is 2.25 bits per heavy atom. The summed E-state index contributed by atoms with van der Waals surface area (Å²) in [5, 5.41) is 18.5. The number of carbonyl (C=O) groups excluding carboxylic acids is 1. The molecule has 1 heterocycles. The van der Waals surface area contributed by atoms with Crippen molar-refractivity contribution in [2.75, 3.05) is 18.1 Å². The number of aromatic hydroxyl groups is 1. The van der Waals surface area contributed by atoms with Gasteiger partial charge >= 0.3 is 0 Å². The molecule has 16 heavy (non-hydrogen) atoms. The molecule has 1 aliphatic rings. The summed E-state index contributed by atoms with van der Waals surface area (Å²) in [6.07, 6.45) is 0.356. The monoisotopic (exact) mass is 241 g/mol. The SMILES string of the molecule is O=C1CC(CO)CN1c1ccc(O)c(Cl)c1. The topological polar surface area (TPSA) is 60.8 Å². The molecular weight excluding hydrogens is 230 g/mol. The first-order valence-corrected chi connectivity index (χ1v) is 5.39. The van der Waals surface area contributed by atoms with Crippen LogP contribution in [0.25, 0.3) is 0 Å². The second-order valence-corrected chi connectivity index (χ2v) is 4.30. The minimum absolute atomic E-state index is 0.00392. The van der Waals surface area contributed by atoms with E-state index < -0.39 is 0 Å². The van der Waals surface area contributed by atoms with Crippen LogP contribution in [0, 0.1) is 5.92 Å². The lowest BCUT2D eigenvalue weighted by Crippen LogP contribution is -2.24. The molecule has 0 saturated carbocycles. The largest absolute Gasteiger partial charge is 0.506 e. The fraction of sp³-hybridized carbons (Fsp3) is 0.364. The average Bonchev–Trinajstić information content (AvgIpc) is 2.64. The van der Waals surface area contributed by atoms with Gasteiger partial charge in [-0.2, -0.15) is 0 Å². The highest BCUT2D eigenvalue weighted by Crippen LogP contribution is 2.31. The lowest BCUT2D eigenvalue weighted by molar-refractivity contribution is -0.117. The number of amides is 1. The van der Waals surface area contributed by atoms with E-state index in [9.17, 15) is 9.90 Å². The van der Waals surface area contributed by atoms with E-state index in [0.717, 1.165) is 0 Å². The van der Waals surface area contributed by atoms with E-state index in [0.29, 0.717) is 18.7 Å². The van der Waals surface area contributed by atoms with Gasteiger partial charge in [0.1, 0.15) is 5.75 Å². The van der Waals surface area contributed by atoms with Crippen molar-refractivity contribution in [3.63, 3.8) is 0 Å². The Hall–Kier alpha value is -1.26. The molecule has 1 atom stereocenters. The van der Waals surface area contributed by atoms with Gasteiger partial charge in [0.05, 0.1) is 5.02 Å². The van der Waals surface area contributed by atoms with Crippen LogP contribution in [0.5, 0.6) is 5.75 Å². The summed E-state index contributed by atoms with van der Waals surface area (Å²) in [5.74, 6) is -0.0448. The minimum Gasteiger partial charge on any atom is -0.506 e. The molecule has 1 aromatic carbocycles. The zero-order chi connectivity index (χ0) is 11.7. The van der Waals surface area contributed by atoms with Gasteiger partial charge in [-0.1, -0.05) is 11.6 Å². The van der Waals surface area contributed by atoms with Crippen LogP contribution in [0.1, 0.15) is 6.42 Å². The number of benzene rings is 1. The van der Waals surface area contributed by atoms with Gasteiger partial charge in [0, 0.05) is 31.2 Å². The summed E-state index contributed by atoms with van der Waals surface area (Å²) in [4.78, 5) is 13.2. The zero-order valence-electron chi connectivity index (χ0n) is 8.56. The predicted octanol–water partition coefficient (Wildman–Crippen LogP) is 1.39. The lowest BCUT2D eigenvalue weighted by Gasteiger charge is -2.16. The van der Waals surface area contributed by atoms with Crippen molar-refractivity contribution in [2.24, 2.45) is 5.92 Å². The third kappa shape index (κ3) is 1.99. The van der Waals surface area contributed by atoms with E-state index in [1.165, 1.54) is 6.07 Å². The van der Waals surface area contributed by atoms with Crippen molar-refractivity contribution < 1.29 is 15.0 Å². The van der Waals surface area contributed by atoms with Gasteiger partial charge < -0.3 is 15.1 Å². The number of hydrogen-bond acceptors (Lipinski definition) is 3. The average molecular weight is 242 g/mol. The van der Waals surface area contributed by atoms with Crippen molar-refractivity contribution in [2.45, 2.75) is 6.42 Å². The highest BCUT2D eigenvalue weighted by Gasteiger charge is 2.30. The number of phenols is 1. The molecule has 2 rings (SSSR count). The molecule has 2 N–H and O–H groups in total. The summed E-state index contributed by atoms with van der Waals surface area (Å²) in [6, 6.07) is 4.64. The van der Waals surface area contributed by atoms with Crippen LogP contribution in [-0.4, -0.2) is 29.3 Å². The molecule has 0 spiro atoms. The summed E-state index contributed by atoms with van der Waals surface area (Å²) in [6.45, 7) is 0.504. The van der Waals surface area contributed by atoms with E-state index >= 15 is 0 Å². The van der Waals surface area contributed by atoms with Crippen molar-refractivity contribution in [3.8, 4) is 5.75 Å². The molecule has 1 amide bonds. The molecule has 0 aromatic heterocycles. The molecule has 1 fully saturated rings. The van der Waals surface area contributed by atoms with E-state index in [4.69, 9.17) is 16.7 Å². The summed E-state index contributed by atoms with van der Waals surface area (Å²) in [7, 11) is 0. The predicted molar refractivity (Wildman–Crippen MR) is 60.7 cm³/mol. The maximum absolute atomic E-state index is 11.6. The molecule has 1 saturated heterocycles. The summed E-state index contributed by atoms with van der Waals surface area (Å²) < 4.78 is 0. The number of anilines is 1. The first-order chi connectivity index (χ1) is 7.61. The van der Waals surface area contributed by atoms with Gasteiger partial charge in [0.25, 0.3) is 0 Å². The molecule has 0 aliphatic carbocycles. The maximum atomic E-state index is 11.6. The maximum Gasteiger partial charge on any atom is 0.227 e. The molecule has 0 radical (unpaired) electrons. The van der Waals surface area contributed by atoms with Gasteiger partial charge in [0.15, 0.2) is 0 Å². The molecule has 4 nitrogen and oxygen atoms in total. The van der Waals surface area contributed by atoms with Crippen LogP contribution in [-0.2, 0) is 4.79 Å². The quantitative estimate of drug-likeness (QED) is 0.823. The zero-order valence-corrected chi connectivity index (χ0v) is 9.31. The molecule has 1 aromatic rings. The summed E-state index contributed by atoms with van der Waals surface area (Å²) in [5.41, 5.74) is 0.656. The molecule has 0 bridgehead atoms. The number of halogens is 1. The van der Waals surface area contributed by atoms with E-state index in [1.807, 2.05) is 0 Å². The minimum atomic E-state index is -0.0270. The number of phenolic OH excluding ortho intramolecular Hbond substituents is 1. The van der Waals surface area contributed by atoms with Crippen LogP contribution in [0.3, 0.4) is 0 Å². The van der Waals surface area contributed by atoms with E-state index in [2.05, 4.69) is 0 Å². The molecular formula is C11H12ClNO3. The Morgan fingerprint density at radius 3 is 2.81 bits per heavy atom. The van der Waals surface area contributed by atoms with Crippen LogP contribution in [0.15, 0.2) is 18.2 Å². The third-order valence-corrected chi connectivity index (χ3v) is 3.01. The molecule has 1 aliphatic heterocycles. The van der Waals surface area contributed by atoms with Crippen LogP contribution >= 0.6 is 11.6 Å². The smallest absolute Gasteiger partial charge is 0.227 e. The second kappa shape index (κ2) is 4.31. The Balaban J connectivity index is 2.24. The third-order valence-electron chi connectivity index (χ3n) is 2.71. The Kier molecular flexibility index (Phi) is 3.03. The first-order valence-electron chi connectivity index (χ1n) is 5.01. The lowest BCUT2D eigenvalue weighted by atomic mass is 10.1. The van der Waals surface area contributed by atoms with Crippen LogP contribution in [0.2, 0.25) is 5.02 Å². The van der Waals surface area contributed by atoms with E-state index in [1.54, 1.807) is 17.0 Å². The van der Waals surface area contributed by atoms with Gasteiger partial charge in [-0.3, -0.25) is 4.79 Å². The number of nitrogens with zero attached hydrogens (tertiary/aromatic N) is 1. The number of aliphatic hydroxyl groups excluding tert-OH is 1. The highest BCUT2D eigenvalue weighted by molar-refractivity contribution is 6.32. The number of carbonyl (C=O) groups is 1. The fourth-order valence-electron chi connectivity index (χ4n) is 1.82. The Bertz CT molecular complexity index is 422. The van der Waals surface area contributed by atoms with Gasteiger partial charge in [-0.15, -0.1) is 0 Å². The molecule has 86 valence electrons. The number of hydrogen-bond donors (Lipinski definition) is 2. The van der Waals surface area contributed by atoms with Crippen molar-refractivity contribution >= 4 is 23.2 Å². The number of aliphatic hydroxyl groups is 1. The Labute approximate surface area is 98.1 Å². The van der Waals surface area contributed by atoms with Gasteiger partial charge in [0.2, 0.25) is 5.91 Å². The van der Waals surface area contributed by atoms with Crippen molar-refractivity contribution in [1.82, 2.24) is 0 Å². The number of rotatable bonds is 2. The van der Waals surface area contributed by atoms with Crippen LogP contribution in [0.4, 0.5) is 5.69 Å². The van der Waals surface area contributed by atoms with Gasteiger partial charge in [-0.05, 0) is 18.2 Å². The summed E-state index contributed by atoms with van der Waals surface area (Å²) >= 11 is 5.77. The standard InChI is InChI=1S/C11H12ClNO3/c12-9-4-8(1-2-10(9)15)13-5-7(6-14)3-11(13)16/h1-2,4,7,14-15H,3,5-6H2. The normalized spacial score (nSPS) is 20.5. The van der Waals surface area contributed by atoms with Crippen molar-refractivity contribution in [1.29, 1.82) is 0 Å².